The van der Waals surface area contributed by atoms with Crippen LogP contribution in [0.3, 0.4) is 0 Å². The van der Waals surface area contributed by atoms with Crippen molar-refractivity contribution in [2.24, 2.45) is 0 Å². The molecule has 1 rings (SSSR count). The zero-order chi connectivity index (χ0) is 8.27. The van der Waals surface area contributed by atoms with Crippen LogP contribution in [0.25, 0.3) is 0 Å². The lowest BCUT2D eigenvalue weighted by atomic mass is 10.4. The van der Waals surface area contributed by atoms with E-state index in [1.54, 1.807) is 11.8 Å². The van der Waals surface area contributed by atoms with Crippen LogP contribution in [0.4, 0.5) is 0 Å². The Morgan fingerprint density at radius 2 is 2.36 bits per heavy atom. The maximum absolute atomic E-state index is 8.82. The Labute approximate surface area is 70.2 Å². The second kappa shape index (κ2) is 3.78. The minimum atomic E-state index is 0.0447. The van der Waals surface area contributed by atoms with Crippen molar-refractivity contribution < 1.29 is 5.11 Å². The molecule has 62 valence electrons. The van der Waals surface area contributed by atoms with Crippen LogP contribution in [-0.2, 0) is 6.61 Å². The molecule has 1 aromatic rings. The van der Waals surface area contributed by atoms with E-state index in [1.165, 1.54) is 0 Å². The lowest BCUT2D eigenvalue weighted by Crippen LogP contribution is -1.84. The molecule has 0 saturated carbocycles. The number of aromatic nitrogens is 2. The minimum Gasteiger partial charge on any atom is -0.390 e. The van der Waals surface area contributed by atoms with Crippen LogP contribution in [0.5, 0.6) is 0 Å². The van der Waals surface area contributed by atoms with Gasteiger partial charge in [0.2, 0.25) is 0 Å². The lowest BCUT2D eigenvalue weighted by molar-refractivity contribution is 0.276. The number of aliphatic hydroxyl groups is 1. The predicted molar refractivity (Wildman–Crippen MR) is 45.6 cm³/mol. The van der Waals surface area contributed by atoms with Crippen molar-refractivity contribution >= 4 is 11.8 Å². The van der Waals surface area contributed by atoms with Gasteiger partial charge in [0.15, 0.2) is 5.16 Å². The number of H-pyrrole nitrogens is 1. The summed E-state index contributed by atoms with van der Waals surface area (Å²) in [6.07, 6.45) is 0. The van der Waals surface area contributed by atoms with Crippen LogP contribution >= 0.6 is 11.8 Å². The topological polar surface area (TPSA) is 48.9 Å². The van der Waals surface area contributed by atoms with Crippen molar-refractivity contribution in [1.82, 2.24) is 9.97 Å². The summed E-state index contributed by atoms with van der Waals surface area (Å²) < 4.78 is 0. The fourth-order valence-corrected chi connectivity index (χ4v) is 1.50. The molecule has 0 saturated heterocycles. The zero-order valence-corrected chi connectivity index (χ0v) is 7.53. The third-order valence-electron chi connectivity index (χ3n) is 1.40. The van der Waals surface area contributed by atoms with Crippen LogP contribution in [0.15, 0.2) is 5.16 Å². The number of rotatable bonds is 3. The molecule has 0 spiro atoms. The van der Waals surface area contributed by atoms with Gasteiger partial charge in [-0.05, 0) is 12.7 Å². The molecule has 0 atom stereocenters. The van der Waals surface area contributed by atoms with Crippen molar-refractivity contribution in [3.05, 3.63) is 11.4 Å². The van der Waals surface area contributed by atoms with Crippen molar-refractivity contribution in [3.8, 4) is 0 Å². The van der Waals surface area contributed by atoms with Crippen LogP contribution in [0.2, 0.25) is 0 Å². The van der Waals surface area contributed by atoms with Gasteiger partial charge in [-0.3, -0.25) is 0 Å². The zero-order valence-electron chi connectivity index (χ0n) is 6.72. The Kier molecular flexibility index (Phi) is 2.96. The van der Waals surface area contributed by atoms with Crippen molar-refractivity contribution in [1.29, 1.82) is 0 Å². The molecule has 1 aromatic heterocycles. The average molecular weight is 172 g/mol. The average Bonchev–Trinajstić information content (AvgIpc) is 2.32. The Morgan fingerprint density at radius 3 is 2.82 bits per heavy atom. The Hall–Kier alpha value is -0.480. The van der Waals surface area contributed by atoms with E-state index in [0.717, 1.165) is 22.3 Å². The number of hydrogen-bond donors (Lipinski definition) is 2. The largest absolute Gasteiger partial charge is 0.390 e. The lowest BCUT2D eigenvalue weighted by Gasteiger charge is -1.89. The van der Waals surface area contributed by atoms with E-state index in [-0.39, 0.29) is 6.61 Å². The number of nitrogens with one attached hydrogen (secondary N) is 1. The molecule has 0 aliphatic carbocycles. The normalized spacial score (nSPS) is 10.5. The first kappa shape index (κ1) is 8.62. The molecular weight excluding hydrogens is 160 g/mol. The van der Waals surface area contributed by atoms with E-state index in [4.69, 9.17) is 5.11 Å². The molecule has 0 fully saturated rings. The standard InChI is InChI=1S/C7H12N2OS/c1-3-11-7-8-5(2)6(4-10)9-7/h10H,3-4H2,1-2H3,(H,8,9). The van der Waals surface area contributed by atoms with Gasteiger partial charge in [-0.25, -0.2) is 4.98 Å². The Bertz CT molecular complexity index is 234. The van der Waals surface area contributed by atoms with Crippen LogP contribution in [0.1, 0.15) is 18.3 Å². The number of nitrogens with zero attached hydrogens (tertiary/aromatic N) is 1. The van der Waals surface area contributed by atoms with Gasteiger partial charge in [0, 0.05) is 0 Å². The molecule has 4 heteroatoms. The van der Waals surface area contributed by atoms with Crippen LogP contribution in [-0.4, -0.2) is 20.8 Å². The highest BCUT2D eigenvalue weighted by molar-refractivity contribution is 7.99. The van der Waals surface area contributed by atoms with Crippen molar-refractivity contribution in [3.63, 3.8) is 0 Å². The summed E-state index contributed by atoms with van der Waals surface area (Å²) >= 11 is 1.65. The molecule has 11 heavy (non-hydrogen) atoms. The summed E-state index contributed by atoms with van der Waals surface area (Å²) in [5.74, 6) is 0.998. The van der Waals surface area contributed by atoms with Gasteiger partial charge >= 0.3 is 0 Å². The summed E-state index contributed by atoms with van der Waals surface area (Å²) in [5, 5.41) is 9.72. The van der Waals surface area contributed by atoms with Gasteiger partial charge in [0.25, 0.3) is 0 Å². The smallest absolute Gasteiger partial charge is 0.165 e. The summed E-state index contributed by atoms with van der Waals surface area (Å²) in [6.45, 7) is 4.01. The number of aromatic amines is 1. The van der Waals surface area contributed by atoms with Crippen molar-refractivity contribution in [2.45, 2.75) is 25.6 Å². The van der Waals surface area contributed by atoms with E-state index < -0.39 is 0 Å². The molecule has 0 aliphatic rings. The summed E-state index contributed by atoms with van der Waals surface area (Å²) in [6, 6.07) is 0. The molecule has 0 bridgehead atoms. The second-order valence-electron chi connectivity index (χ2n) is 2.20. The number of hydrogen-bond acceptors (Lipinski definition) is 3. The highest BCUT2D eigenvalue weighted by atomic mass is 32.2. The van der Waals surface area contributed by atoms with Gasteiger partial charge in [-0.15, -0.1) is 0 Å². The summed E-state index contributed by atoms with van der Waals surface area (Å²) in [7, 11) is 0. The van der Waals surface area contributed by atoms with Crippen molar-refractivity contribution in [2.75, 3.05) is 5.75 Å². The molecule has 3 nitrogen and oxygen atoms in total. The van der Waals surface area contributed by atoms with E-state index >= 15 is 0 Å². The Balaban J connectivity index is 2.77. The number of aryl methyl sites for hydroxylation is 1. The first-order chi connectivity index (χ1) is 5.27. The van der Waals surface area contributed by atoms with E-state index in [0.29, 0.717) is 0 Å². The maximum Gasteiger partial charge on any atom is 0.165 e. The second-order valence-corrected chi connectivity index (χ2v) is 3.45. The first-order valence-electron chi connectivity index (χ1n) is 3.57. The third-order valence-corrected chi connectivity index (χ3v) is 2.16. The van der Waals surface area contributed by atoms with E-state index in [1.807, 2.05) is 6.92 Å². The Morgan fingerprint density at radius 1 is 1.64 bits per heavy atom. The van der Waals surface area contributed by atoms with Gasteiger partial charge in [0.05, 0.1) is 18.0 Å². The fraction of sp³-hybridized carbons (Fsp3) is 0.571. The quantitative estimate of drug-likeness (QED) is 0.676. The van der Waals surface area contributed by atoms with Gasteiger partial charge in [0.1, 0.15) is 0 Å². The first-order valence-corrected chi connectivity index (χ1v) is 4.55. The predicted octanol–water partition coefficient (Wildman–Crippen LogP) is 1.32. The van der Waals surface area contributed by atoms with Gasteiger partial charge < -0.3 is 10.1 Å². The molecule has 0 radical (unpaired) electrons. The number of aliphatic hydroxyl groups excluding tert-OH is 1. The summed E-state index contributed by atoms with van der Waals surface area (Å²) in [5.41, 5.74) is 1.71. The number of imidazole rings is 1. The van der Waals surface area contributed by atoms with Crippen LogP contribution in [0, 0.1) is 6.92 Å². The number of thioether (sulfide) groups is 1. The highest BCUT2D eigenvalue weighted by Gasteiger charge is 2.03. The highest BCUT2D eigenvalue weighted by Crippen LogP contribution is 2.15. The molecule has 2 N–H and O–H groups in total. The SMILES string of the molecule is CCSc1nc(C)c(CO)[nH]1. The molecular formula is C7H12N2OS. The fourth-order valence-electron chi connectivity index (χ4n) is 0.826. The third kappa shape index (κ3) is 1.97. The van der Waals surface area contributed by atoms with E-state index in [2.05, 4.69) is 16.9 Å². The summed E-state index contributed by atoms with van der Waals surface area (Å²) in [4.78, 5) is 7.25. The molecule has 0 aromatic carbocycles. The molecule has 1 heterocycles. The minimum absolute atomic E-state index is 0.0447. The van der Waals surface area contributed by atoms with E-state index in [9.17, 15) is 0 Å². The molecule has 0 unspecified atom stereocenters. The van der Waals surface area contributed by atoms with Crippen LogP contribution < -0.4 is 0 Å². The molecule has 0 amide bonds. The van der Waals surface area contributed by atoms with Gasteiger partial charge in [-0.1, -0.05) is 18.7 Å². The maximum atomic E-state index is 8.82. The monoisotopic (exact) mass is 172 g/mol. The van der Waals surface area contributed by atoms with Gasteiger partial charge in [-0.2, -0.15) is 0 Å². The molecule has 0 aliphatic heterocycles.